The molecule has 1 aromatic heterocycles. The third-order valence-corrected chi connectivity index (χ3v) is 2.54. The topological polar surface area (TPSA) is 38.2 Å². The van der Waals surface area contributed by atoms with E-state index in [1.165, 1.54) is 6.07 Å². The molecule has 102 valence electrons. The standard InChI is InChI=1S/C10H13BrF3N3O/c1-18-7-6-17(5-4-11)9-3-2-8(15-16-9)10(12,13)14/h2-3H,4-7H2,1H3. The van der Waals surface area contributed by atoms with Crippen LogP contribution in [-0.2, 0) is 10.9 Å². The predicted molar refractivity (Wildman–Crippen MR) is 64.9 cm³/mol. The Morgan fingerprint density at radius 3 is 2.44 bits per heavy atom. The van der Waals surface area contributed by atoms with E-state index in [2.05, 4.69) is 26.1 Å². The lowest BCUT2D eigenvalue weighted by atomic mass is 10.3. The van der Waals surface area contributed by atoms with Crippen LogP contribution < -0.4 is 4.90 Å². The van der Waals surface area contributed by atoms with E-state index in [9.17, 15) is 13.2 Å². The molecule has 0 aliphatic rings. The lowest BCUT2D eigenvalue weighted by Gasteiger charge is -2.21. The first-order valence-electron chi connectivity index (χ1n) is 5.20. The van der Waals surface area contributed by atoms with Gasteiger partial charge in [0.2, 0.25) is 0 Å². The van der Waals surface area contributed by atoms with E-state index in [4.69, 9.17) is 4.74 Å². The minimum absolute atomic E-state index is 0.402. The lowest BCUT2D eigenvalue weighted by molar-refractivity contribution is -0.141. The van der Waals surface area contributed by atoms with Crippen molar-refractivity contribution in [2.24, 2.45) is 0 Å². The Kier molecular flexibility index (Phi) is 5.80. The van der Waals surface area contributed by atoms with E-state index in [-0.39, 0.29) is 0 Å². The number of rotatable bonds is 6. The summed E-state index contributed by atoms with van der Waals surface area (Å²) in [5, 5.41) is 7.46. The summed E-state index contributed by atoms with van der Waals surface area (Å²) in [7, 11) is 1.56. The molecular weight excluding hydrogens is 315 g/mol. The van der Waals surface area contributed by atoms with Gasteiger partial charge in [-0.25, -0.2) is 0 Å². The second-order valence-electron chi connectivity index (χ2n) is 3.44. The highest BCUT2D eigenvalue weighted by Gasteiger charge is 2.33. The summed E-state index contributed by atoms with van der Waals surface area (Å²) in [5.41, 5.74) is -0.989. The van der Waals surface area contributed by atoms with Crippen LogP contribution in [0, 0.1) is 0 Å². The maximum Gasteiger partial charge on any atom is 0.435 e. The molecule has 0 aliphatic heterocycles. The molecule has 1 rings (SSSR count). The smallest absolute Gasteiger partial charge is 0.383 e. The molecule has 1 aromatic rings. The Labute approximate surface area is 111 Å². The zero-order valence-corrected chi connectivity index (χ0v) is 11.3. The van der Waals surface area contributed by atoms with E-state index in [1.807, 2.05) is 0 Å². The van der Waals surface area contributed by atoms with Crippen LogP contribution >= 0.6 is 15.9 Å². The van der Waals surface area contributed by atoms with Gasteiger partial charge in [-0.1, -0.05) is 15.9 Å². The van der Waals surface area contributed by atoms with Gasteiger partial charge in [0.05, 0.1) is 6.61 Å². The molecule has 8 heteroatoms. The normalized spacial score (nSPS) is 11.6. The summed E-state index contributed by atoms with van der Waals surface area (Å²) >= 11 is 3.27. The molecule has 0 aliphatic carbocycles. The summed E-state index contributed by atoms with van der Waals surface area (Å²) in [5.74, 6) is 0.402. The minimum Gasteiger partial charge on any atom is -0.383 e. The molecule has 0 radical (unpaired) electrons. The summed E-state index contributed by atoms with van der Waals surface area (Å²) in [4.78, 5) is 1.80. The molecule has 4 nitrogen and oxygen atoms in total. The van der Waals surface area contributed by atoms with Crippen molar-refractivity contribution in [3.63, 3.8) is 0 Å². The van der Waals surface area contributed by atoms with E-state index < -0.39 is 11.9 Å². The number of alkyl halides is 4. The molecule has 0 unspecified atom stereocenters. The van der Waals surface area contributed by atoms with Crippen LogP contribution in [-0.4, -0.2) is 42.3 Å². The third-order valence-electron chi connectivity index (χ3n) is 2.18. The number of hydrogen-bond acceptors (Lipinski definition) is 4. The van der Waals surface area contributed by atoms with Gasteiger partial charge in [0.1, 0.15) is 0 Å². The van der Waals surface area contributed by atoms with E-state index in [1.54, 1.807) is 12.0 Å². The Bertz CT molecular complexity index is 358. The largest absolute Gasteiger partial charge is 0.435 e. The van der Waals surface area contributed by atoms with E-state index in [0.29, 0.717) is 30.8 Å². The quantitative estimate of drug-likeness (QED) is 0.752. The second kappa shape index (κ2) is 6.89. The zero-order valence-electron chi connectivity index (χ0n) is 9.74. The van der Waals surface area contributed by atoms with Crippen molar-refractivity contribution in [1.82, 2.24) is 10.2 Å². The highest BCUT2D eigenvalue weighted by molar-refractivity contribution is 9.09. The van der Waals surface area contributed by atoms with Crippen molar-refractivity contribution in [3.05, 3.63) is 17.8 Å². The number of aromatic nitrogens is 2. The minimum atomic E-state index is -4.46. The van der Waals surface area contributed by atoms with Crippen LogP contribution in [0.5, 0.6) is 0 Å². The molecule has 0 amide bonds. The van der Waals surface area contributed by atoms with Crippen molar-refractivity contribution < 1.29 is 17.9 Å². The fraction of sp³-hybridized carbons (Fsp3) is 0.600. The lowest BCUT2D eigenvalue weighted by Crippen LogP contribution is -2.30. The van der Waals surface area contributed by atoms with Crippen molar-refractivity contribution in [1.29, 1.82) is 0 Å². The first-order valence-corrected chi connectivity index (χ1v) is 6.32. The van der Waals surface area contributed by atoms with Crippen LogP contribution in [0.2, 0.25) is 0 Å². The van der Waals surface area contributed by atoms with Crippen LogP contribution in [0.1, 0.15) is 5.69 Å². The molecule has 1 heterocycles. The second-order valence-corrected chi connectivity index (χ2v) is 4.24. The first kappa shape index (κ1) is 15.2. The summed E-state index contributed by atoms with van der Waals surface area (Å²) < 4.78 is 41.9. The molecule has 0 N–H and O–H groups in total. The molecule has 0 bridgehead atoms. The molecule has 0 saturated carbocycles. The number of hydrogen-bond donors (Lipinski definition) is 0. The van der Waals surface area contributed by atoms with Gasteiger partial charge in [0.15, 0.2) is 11.5 Å². The molecule has 0 aromatic carbocycles. The van der Waals surface area contributed by atoms with Crippen LogP contribution in [0.25, 0.3) is 0 Å². The predicted octanol–water partition coefficient (Wildman–Crippen LogP) is 2.34. The summed E-state index contributed by atoms with van der Waals surface area (Å²) in [6.07, 6.45) is -4.46. The van der Waals surface area contributed by atoms with Gasteiger partial charge >= 0.3 is 6.18 Å². The Balaban J connectivity index is 2.79. The summed E-state index contributed by atoms with van der Waals surface area (Å²) in [6.45, 7) is 1.63. The van der Waals surface area contributed by atoms with Gasteiger partial charge in [-0.05, 0) is 12.1 Å². The molecule has 0 spiro atoms. The van der Waals surface area contributed by atoms with Crippen LogP contribution in [0.15, 0.2) is 12.1 Å². The van der Waals surface area contributed by atoms with Gasteiger partial charge in [0, 0.05) is 25.5 Å². The number of halogens is 4. The maximum atomic E-state index is 12.3. The average Bonchev–Trinajstić information content (AvgIpc) is 2.33. The fourth-order valence-corrected chi connectivity index (χ4v) is 1.72. The fourth-order valence-electron chi connectivity index (χ4n) is 1.29. The molecule has 0 saturated heterocycles. The first-order chi connectivity index (χ1) is 8.49. The van der Waals surface area contributed by atoms with Crippen molar-refractivity contribution in [3.8, 4) is 0 Å². The number of ether oxygens (including phenoxy) is 1. The maximum absolute atomic E-state index is 12.3. The number of anilines is 1. The van der Waals surface area contributed by atoms with Gasteiger partial charge in [-0.3, -0.25) is 0 Å². The molecular formula is C10H13BrF3N3O. The highest BCUT2D eigenvalue weighted by Crippen LogP contribution is 2.27. The van der Waals surface area contributed by atoms with Crippen LogP contribution in [0.3, 0.4) is 0 Å². The van der Waals surface area contributed by atoms with Gasteiger partial charge < -0.3 is 9.64 Å². The number of methoxy groups -OCH3 is 1. The monoisotopic (exact) mass is 327 g/mol. The van der Waals surface area contributed by atoms with E-state index >= 15 is 0 Å². The van der Waals surface area contributed by atoms with Crippen molar-refractivity contribution in [2.75, 3.05) is 37.0 Å². The molecule has 18 heavy (non-hydrogen) atoms. The van der Waals surface area contributed by atoms with Gasteiger partial charge in [-0.15, -0.1) is 10.2 Å². The highest BCUT2D eigenvalue weighted by atomic mass is 79.9. The molecule has 0 fully saturated rings. The summed E-state index contributed by atoms with van der Waals surface area (Å²) in [6, 6.07) is 2.24. The zero-order chi connectivity index (χ0) is 13.6. The third kappa shape index (κ3) is 4.41. The Morgan fingerprint density at radius 2 is 2.00 bits per heavy atom. The Morgan fingerprint density at radius 1 is 1.28 bits per heavy atom. The Hall–Kier alpha value is -0.890. The molecule has 0 atom stereocenters. The van der Waals surface area contributed by atoms with Gasteiger partial charge in [0.25, 0.3) is 0 Å². The van der Waals surface area contributed by atoms with Gasteiger partial charge in [-0.2, -0.15) is 13.2 Å². The van der Waals surface area contributed by atoms with Crippen molar-refractivity contribution in [2.45, 2.75) is 6.18 Å². The SMILES string of the molecule is COCCN(CCBr)c1ccc(C(F)(F)F)nn1. The van der Waals surface area contributed by atoms with Crippen molar-refractivity contribution >= 4 is 21.7 Å². The number of nitrogens with zero attached hydrogens (tertiary/aromatic N) is 3. The van der Waals surface area contributed by atoms with E-state index in [0.717, 1.165) is 6.07 Å². The van der Waals surface area contributed by atoms with Crippen LogP contribution in [0.4, 0.5) is 19.0 Å². The average molecular weight is 328 g/mol.